The maximum Gasteiger partial charge on any atom is 0.223 e. The van der Waals surface area contributed by atoms with E-state index in [-0.39, 0.29) is 23.3 Å². The van der Waals surface area contributed by atoms with Gasteiger partial charge in [-0.3, -0.25) is 9.59 Å². The number of likely N-dealkylation sites (tertiary alicyclic amines) is 1. The Kier molecular flexibility index (Phi) is 7.96. The van der Waals surface area contributed by atoms with E-state index in [1.807, 2.05) is 23.1 Å². The van der Waals surface area contributed by atoms with Gasteiger partial charge in [0.05, 0.1) is 11.6 Å². The molecule has 1 aliphatic heterocycles. The summed E-state index contributed by atoms with van der Waals surface area (Å²) in [5.74, 6) is 0.896. The molecule has 1 aliphatic rings. The van der Waals surface area contributed by atoms with E-state index in [1.165, 1.54) is 0 Å². The van der Waals surface area contributed by atoms with Crippen LogP contribution in [0.2, 0.25) is 5.02 Å². The second-order valence-corrected chi connectivity index (χ2v) is 8.75. The van der Waals surface area contributed by atoms with Crippen LogP contribution in [-0.4, -0.2) is 42.5 Å². The molecule has 0 aromatic heterocycles. The Balaban J connectivity index is 1.62. The van der Waals surface area contributed by atoms with Gasteiger partial charge >= 0.3 is 0 Å². The summed E-state index contributed by atoms with van der Waals surface area (Å²) < 4.78 is 5.60. The number of ether oxygens (including phenoxy) is 1. The fourth-order valence-corrected chi connectivity index (χ4v) is 3.31. The van der Waals surface area contributed by atoms with E-state index >= 15 is 0 Å². The molecule has 1 aromatic carbocycles. The molecule has 5 nitrogen and oxygen atoms in total. The van der Waals surface area contributed by atoms with Gasteiger partial charge in [-0.25, -0.2) is 0 Å². The van der Waals surface area contributed by atoms with Crippen molar-refractivity contribution in [2.45, 2.75) is 58.9 Å². The number of hydrogen-bond acceptors (Lipinski definition) is 3. The Morgan fingerprint density at radius 3 is 2.52 bits per heavy atom. The van der Waals surface area contributed by atoms with Crippen LogP contribution in [0.5, 0.6) is 5.75 Å². The van der Waals surface area contributed by atoms with Crippen LogP contribution < -0.4 is 10.1 Å². The second kappa shape index (κ2) is 9.98. The lowest BCUT2D eigenvalue weighted by Crippen LogP contribution is -2.47. The molecule has 0 saturated carbocycles. The largest absolute Gasteiger partial charge is 0.492 e. The molecule has 27 heavy (non-hydrogen) atoms. The number of halogens is 1. The van der Waals surface area contributed by atoms with Crippen LogP contribution in [0, 0.1) is 5.41 Å². The van der Waals surface area contributed by atoms with Crippen molar-refractivity contribution in [3.8, 4) is 5.75 Å². The molecule has 1 aromatic rings. The summed E-state index contributed by atoms with van der Waals surface area (Å²) in [5.41, 5.74) is 0.00813. The van der Waals surface area contributed by atoms with E-state index in [1.54, 1.807) is 6.07 Å². The van der Waals surface area contributed by atoms with Gasteiger partial charge in [0.25, 0.3) is 0 Å². The normalized spacial score (nSPS) is 15.5. The molecule has 0 aliphatic carbocycles. The smallest absolute Gasteiger partial charge is 0.223 e. The number of carbonyl (C=O) groups is 2. The van der Waals surface area contributed by atoms with Crippen LogP contribution in [0.25, 0.3) is 0 Å². The first-order valence-corrected chi connectivity index (χ1v) is 10.1. The third-order valence-electron chi connectivity index (χ3n) is 4.54. The maximum absolute atomic E-state index is 12.3. The third-order valence-corrected chi connectivity index (χ3v) is 4.85. The van der Waals surface area contributed by atoms with Crippen molar-refractivity contribution < 1.29 is 14.3 Å². The highest BCUT2D eigenvalue weighted by atomic mass is 35.5. The summed E-state index contributed by atoms with van der Waals surface area (Å²) in [6, 6.07) is 7.47. The highest BCUT2D eigenvalue weighted by Gasteiger charge is 2.26. The molecule has 1 N–H and O–H groups in total. The molecule has 1 saturated heterocycles. The minimum Gasteiger partial charge on any atom is -0.492 e. The molecule has 2 rings (SSSR count). The summed E-state index contributed by atoms with van der Waals surface area (Å²) in [7, 11) is 0. The van der Waals surface area contributed by atoms with E-state index in [9.17, 15) is 9.59 Å². The first-order chi connectivity index (χ1) is 12.7. The second-order valence-electron chi connectivity index (χ2n) is 8.34. The highest BCUT2D eigenvalue weighted by Crippen LogP contribution is 2.23. The fraction of sp³-hybridized carbons (Fsp3) is 0.619. The van der Waals surface area contributed by atoms with Crippen LogP contribution >= 0.6 is 11.6 Å². The lowest BCUT2D eigenvalue weighted by molar-refractivity contribution is -0.134. The predicted octanol–water partition coefficient (Wildman–Crippen LogP) is 4.04. The van der Waals surface area contributed by atoms with Crippen LogP contribution in [-0.2, 0) is 9.59 Å². The number of piperidine rings is 1. The third kappa shape index (κ3) is 7.79. The van der Waals surface area contributed by atoms with Crippen LogP contribution in [0.15, 0.2) is 24.3 Å². The number of benzene rings is 1. The zero-order valence-electron chi connectivity index (χ0n) is 16.6. The average molecular weight is 395 g/mol. The van der Waals surface area contributed by atoms with E-state index in [4.69, 9.17) is 16.3 Å². The predicted molar refractivity (Wildman–Crippen MR) is 108 cm³/mol. The number of rotatable bonds is 7. The van der Waals surface area contributed by atoms with Gasteiger partial charge in [-0.05, 0) is 36.8 Å². The number of nitrogens with zero attached hydrogens (tertiary/aromatic N) is 1. The molecule has 0 spiro atoms. The van der Waals surface area contributed by atoms with Gasteiger partial charge in [-0.1, -0.05) is 44.5 Å². The van der Waals surface area contributed by atoms with Crippen molar-refractivity contribution in [2.24, 2.45) is 5.41 Å². The van der Waals surface area contributed by atoms with Crippen molar-refractivity contribution in [1.82, 2.24) is 10.2 Å². The number of amides is 2. The molecule has 0 radical (unpaired) electrons. The minimum absolute atomic E-state index is 0.00813. The first kappa shape index (κ1) is 21.5. The quantitative estimate of drug-likeness (QED) is 0.710. The number of nitrogens with one attached hydrogen (secondary N) is 1. The maximum atomic E-state index is 12.3. The zero-order valence-corrected chi connectivity index (χ0v) is 17.3. The van der Waals surface area contributed by atoms with Crippen LogP contribution in [0.4, 0.5) is 0 Å². The number of hydrogen-bond donors (Lipinski definition) is 1. The van der Waals surface area contributed by atoms with Crippen molar-refractivity contribution in [2.75, 3.05) is 19.7 Å². The molecule has 0 atom stereocenters. The summed E-state index contributed by atoms with van der Waals surface area (Å²) in [4.78, 5) is 26.3. The fourth-order valence-electron chi connectivity index (χ4n) is 3.12. The highest BCUT2D eigenvalue weighted by molar-refractivity contribution is 6.32. The molecule has 6 heteroatoms. The minimum atomic E-state index is 0.00813. The average Bonchev–Trinajstić information content (AvgIpc) is 2.59. The number of para-hydroxylation sites is 1. The van der Waals surface area contributed by atoms with E-state index < -0.39 is 0 Å². The Morgan fingerprint density at radius 2 is 1.89 bits per heavy atom. The van der Waals surface area contributed by atoms with Crippen LogP contribution in [0.3, 0.4) is 0 Å². The molecular weight excluding hydrogens is 364 g/mol. The zero-order chi connectivity index (χ0) is 19.9. The Labute approximate surface area is 167 Å². The summed E-state index contributed by atoms with van der Waals surface area (Å²) in [5, 5.41) is 3.66. The summed E-state index contributed by atoms with van der Waals surface area (Å²) in [6.07, 6.45) is 3.26. The van der Waals surface area contributed by atoms with Crippen molar-refractivity contribution in [1.29, 1.82) is 0 Å². The van der Waals surface area contributed by atoms with Gasteiger partial charge in [0.2, 0.25) is 11.8 Å². The lowest BCUT2D eigenvalue weighted by Gasteiger charge is -2.34. The van der Waals surface area contributed by atoms with Gasteiger partial charge in [-0.2, -0.15) is 0 Å². The van der Waals surface area contributed by atoms with Crippen LogP contribution in [0.1, 0.15) is 52.9 Å². The molecule has 2 amide bonds. The Hall–Kier alpha value is -1.75. The number of carbonyl (C=O) groups excluding carboxylic acids is 2. The standard InChI is InChI=1S/C21H31ClN2O3/c1-21(2,3)15-20(26)24-12-10-16(11-13-24)23-19(25)9-6-14-27-18-8-5-4-7-17(18)22/h4-5,7-8,16H,6,9-15H2,1-3H3,(H,23,25). The van der Waals surface area contributed by atoms with Gasteiger partial charge in [-0.15, -0.1) is 0 Å². The summed E-state index contributed by atoms with van der Waals surface area (Å²) >= 11 is 6.03. The first-order valence-electron chi connectivity index (χ1n) is 9.69. The molecular formula is C21H31ClN2O3. The molecule has 150 valence electrons. The van der Waals surface area contributed by atoms with E-state index in [2.05, 4.69) is 26.1 Å². The Morgan fingerprint density at radius 1 is 1.22 bits per heavy atom. The van der Waals surface area contributed by atoms with E-state index in [0.717, 1.165) is 25.9 Å². The topological polar surface area (TPSA) is 58.6 Å². The molecule has 1 heterocycles. The van der Waals surface area contributed by atoms with Crippen molar-refractivity contribution in [3.05, 3.63) is 29.3 Å². The SMILES string of the molecule is CC(C)(C)CC(=O)N1CCC(NC(=O)CCCOc2ccccc2Cl)CC1. The summed E-state index contributed by atoms with van der Waals surface area (Å²) in [6.45, 7) is 8.12. The Bertz CT molecular complexity index is 635. The van der Waals surface area contributed by atoms with Gasteiger partial charge in [0.1, 0.15) is 5.75 Å². The molecule has 0 unspecified atom stereocenters. The molecule has 0 bridgehead atoms. The van der Waals surface area contributed by atoms with Gasteiger partial charge in [0.15, 0.2) is 0 Å². The van der Waals surface area contributed by atoms with Gasteiger partial charge < -0.3 is 15.0 Å². The lowest BCUT2D eigenvalue weighted by atomic mass is 9.91. The monoisotopic (exact) mass is 394 g/mol. The van der Waals surface area contributed by atoms with Crippen molar-refractivity contribution >= 4 is 23.4 Å². The van der Waals surface area contributed by atoms with Gasteiger partial charge in [0, 0.05) is 32.0 Å². The van der Waals surface area contributed by atoms with Crippen molar-refractivity contribution in [3.63, 3.8) is 0 Å². The van der Waals surface area contributed by atoms with E-state index in [0.29, 0.717) is 36.6 Å². The molecule has 1 fully saturated rings.